The SMILES string of the molecule is CC(C)CC(NC(=O)c1ccc(Cl)cc1)C(=O)NC1CCCCC1. The van der Waals surface area contributed by atoms with Crippen molar-refractivity contribution in [2.75, 3.05) is 0 Å². The Morgan fingerprint density at radius 3 is 2.33 bits per heavy atom. The molecule has 0 radical (unpaired) electrons. The lowest BCUT2D eigenvalue weighted by Gasteiger charge is -2.26. The van der Waals surface area contributed by atoms with Gasteiger partial charge in [0, 0.05) is 16.6 Å². The van der Waals surface area contributed by atoms with Crippen molar-refractivity contribution in [3.8, 4) is 0 Å². The van der Waals surface area contributed by atoms with E-state index in [0.717, 1.165) is 25.7 Å². The lowest BCUT2D eigenvalue weighted by atomic mass is 9.94. The third-order valence-electron chi connectivity index (χ3n) is 4.39. The van der Waals surface area contributed by atoms with Gasteiger partial charge in [0.2, 0.25) is 5.91 Å². The molecule has 0 saturated heterocycles. The van der Waals surface area contributed by atoms with Crippen molar-refractivity contribution in [1.29, 1.82) is 0 Å². The van der Waals surface area contributed by atoms with Crippen LogP contribution in [0.1, 0.15) is 62.7 Å². The molecule has 0 heterocycles. The van der Waals surface area contributed by atoms with Gasteiger partial charge >= 0.3 is 0 Å². The second kappa shape index (κ2) is 9.07. The topological polar surface area (TPSA) is 58.2 Å². The average Bonchev–Trinajstić information content (AvgIpc) is 2.55. The molecular formula is C19H27ClN2O2. The van der Waals surface area contributed by atoms with Crippen LogP contribution in [0.15, 0.2) is 24.3 Å². The van der Waals surface area contributed by atoms with Crippen LogP contribution >= 0.6 is 11.6 Å². The van der Waals surface area contributed by atoms with E-state index < -0.39 is 6.04 Å². The van der Waals surface area contributed by atoms with Gasteiger partial charge in [-0.3, -0.25) is 9.59 Å². The zero-order valence-corrected chi connectivity index (χ0v) is 15.2. The lowest BCUT2D eigenvalue weighted by Crippen LogP contribution is -2.50. The van der Waals surface area contributed by atoms with Crippen LogP contribution in [0.2, 0.25) is 5.02 Å². The summed E-state index contributed by atoms with van der Waals surface area (Å²) in [6, 6.07) is 6.43. The zero-order valence-electron chi connectivity index (χ0n) is 14.5. The van der Waals surface area contributed by atoms with Crippen LogP contribution in [-0.4, -0.2) is 23.9 Å². The zero-order chi connectivity index (χ0) is 17.5. The maximum absolute atomic E-state index is 12.6. The van der Waals surface area contributed by atoms with E-state index in [-0.39, 0.29) is 17.9 Å². The Morgan fingerprint density at radius 2 is 1.75 bits per heavy atom. The van der Waals surface area contributed by atoms with E-state index in [1.165, 1.54) is 6.42 Å². The minimum Gasteiger partial charge on any atom is -0.352 e. The second-order valence-electron chi connectivity index (χ2n) is 7.01. The Labute approximate surface area is 149 Å². The number of carbonyl (C=O) groups excluding carboxylic acids is 2. The highest BCUT2D eigenvalue weighted by Crippen LogP contribution is 2.18. The highest BCUT2D eigenvalue weighted by atomic mass is 35.5. The van der Waals surface area contributed by atoms with Gasteiger partial charge in [-0.15, -0.1) is 0 Å². The van der Waals surface area contributed by atoms with E-state index in [1.54, 1.807) is 24.3 Å². The van der Waals surface area contributed by atoms with Gasteiger partial charge in [0.25, 0.3) is 5.91 Å². The summed E-state index contributed by atoms with van der Waals surface area (Å²) in [4.78, 5) is 25.0. The Morgan fingerprint density at radius 1 is 1.12 bits per heavy atom. The van der Waals surface area contributed by atoms with Crippen molar-refractivity contribution in [3.63, 3.8) is 0 Å². The molecule has 24 heavy (non-hydrogen) atoms. The monoisotopic (exact) mass is 350 g/mol. The molecule has 2 amide bonds. The molecule has 0 bridgehead atoms. The Hall–Kier alpha value is -1.55. The summed E-state index contributed by atoms with van der Waals surface area (Å²) in [5, 5.41) is 6.58. The van der Waals surface area contributed by atoms with Crippen molar-refractivity contribution < 1.29 is 9.59 Å². The van der Waals surface area contributed by atoms with Crippen LogP contribution in [0.4, 0.5) is 0 Å². The summed E-state index contributed by atoms with van der Waals surface area (Å²) >= 11 is 5.85. The number of hydrogen-bond donors (Lipinski definition) is 2. The summed E-state index contributed by atoms with van der Waals surface area (Å²) in [6.07, 6.45) is 6.26. The van der Waals surface area contributed by atoms with Crippen molar-refractivity contribution in [3.05, 3.63) is 34.9 Å². The van der Waals surface area contributed by atoms with Crippen LogP contribution < -0.4 is 10.6 Å². The standard InChI is InChI=1S/C19H27ClN2O2/c1-13(2)12-17(19(24)21-16-6-4-3-5-7-16)22-18(23)14-8-10-15(20)11-9-14/h8-11,13,16-17H,3-7,12H2,1-2H3,(H,21,24)(H,22,23). The van der Waals surface area contributed by atoms with Crippen molar-refractivity contribution in [2.24, 2.45) is 5.92 Å². The normalized spacial score (nSPS) is 16.7. The maximum atomic E-state index is 12.6. The third-order valence-corrected chi connectivity index (χ3v) is 4.64. The number of hydrogen-bond acceptors (Lipinski definition) is 2. The summed E-state index contributed by atoms with van der Waals surface area (Å²) < 4.78 is 0. The van der Waals surface area contributed by atoms with Crippen LogP contribution in [0, 0.1) is 5.92 Å². The lowest BCUT2D eigenvalue weighted by molar-refractivity contribution is -0.124. The van der Waals surface area contributed by atoms with E-state index in [0.29, 0.717) is 22.9 Å². The van der Waals surface area contributed by atoms with Gasteiger partial charge in [-0.2, -0.15) is 0 Å². The largest absolute Gasteiger partial charge is 0.352 e. The molecule has 2 rings (SSSR count). The molecule has 0 spiro atoms. The molecule has 0 aromatic heterocycles. The Kier molecular flexibility index (Phi) is 7.10. The predicted molar refractivity (Wildman–Crippen MR) is 97.2 cm³/mol. The first-order valence-electron chi connectivity index (χ1n) is 8.82. The molecular weight excluding hydrogens is 324 g/mol. The molecule has 0 aliphatic heterocycles. The van der Waals surface area contributed by atoms with Crippen molar-refractivity contribution in [2.45, 2.75) is 64.5 Å². The molecule has 1 aromatic carbocycles. The van der Waals surface area contributed by atoms with Gasteiger partial charge in [-0.05, 0) is 49.4 Å². The molecule has 1 aromatic rings. The number of rotatable bonds is 6. The fourth-order valence-corrected chi connectivity index (χ4v) is 3.22. The number of carbonyl (C=O) groups is 2. The quantitative estimate of drug-likeness (QED) is 0.816. The van der Waals surface area contributed by atoms with Crippen LogP contribution in [0.3, 0.4) is 0 Å². The second-order valence-corrected chi connectivity index (χ2v) is 7.44. The van der Waals surface area contributed by atoms with E-state index in [9.17, 15) is 9.59 Å². The van der Waals surface area contributed by atoms with Gasteiger partial charge in [-0.25, -0.2) is 0 Å². The molecule has 1 saturated carbocycles. The fraction of sp³-hybridized carbons (Fsp3) is 0.579. The van der Waals surface area contributed by atoms with Gasteiger partial charge in [0.05, 0.1) is 0 Å². The highest BCUT2D eigenvalue weighted by Gasteiger charge is 2.25. The van der Waals surface area contributed by atoms with Crippen molar-refractivity contribution >= 4 is 23.4 Å². The molecule has 4 nitrogen and oxygen atoms in total. The number of halogens is 1. The molecule has 2 N–H and O–H groups in total. The Balaban J connectivity index is 1.99. The molecule has 1 aliphatic rings. The van der Waals surface area contributed by atoms with Gasteiger partial charge in [0.1, 0.15) is 6.04 Å². The molecule has 1 atom stereocenters. The van der Waals surface area contributed by atoms with Crippen LogP contribution in [-0.2, 0) is 4.79 Å². The third kappa shape index (κ3) is 5.82. The van der Waals surface area contributed by atoms with Gasteiger partial charge in [-0.1, -0.05) is 44.7 Å². The fourth-order valence-electron chi connectivity index (χ4n) is 3.09. The van der Waals surface area contributed by atoms with E-state index >= 15 is 0 Å². The molecule has 1 unspecified atom stereocenters. The Bertz CT molecular complexity index is 551. The van der Waals surface area contributed by atoms with E-state index in [1.807, 2.05) is 0 Å². The molecule has 1 fully saturated rings. The molecule has 132 valence electrons. The summed E-state index contributed by atoms with van der Waals surface area (Å²) in [6.45, 7) is 4.10. The summed E-state index contributed by atoms with van der Waals surface area (Å²) in [5.74, 6) is 0.00616. The summed E-state index contributed by atoms with van der Waals surface area (Å²) in [5.41, 5.74) is 0.513. The van der Waals surface area contributed by atoms with Gasteiger partial charge in [0.15, 0.2) is 0 Å². The number of benzene rings is 1. The first-order valence-corrected chi connectivity index (χ1v) is 9.20. The highest BCUT2D eigenvalue weighted by molar-refractivity contribution is 6.30. The molecule has 5 heteroatoms. The van der Waals surface area contributed by atoms with Crippen LogP contribution in [0.5, 0.6) is 0 Å². The minimum atomic E-state index is -0.505. The van der Waals surface area contributed by atoms with Crippen molar-refractivity contribution in [1.82, 2.24) is 10.6 Å². The van der Waals surface area contributed by atoms with E-state index in [2.05, 4.69) is 24.5 Å². The van der Waals surface area contributed by atoms with Crippen LogP contribution in [0.25, 0.3) is 0 Å². The number of amides is 2. The minimum absolute atomic E-state index is 0.0714. The first kappa shape index (κ1) is 18.8. The first-order chi connectivity index (χ1) is 11.5. The predicted octanol–water partition coefficient (Wildman–Crippen LogP) is 3.93. The molecule has 1 aliphatic carbocycles. The summed E-state index contributed by atoms with van der Waals surface area (Å²) in [7, 11) is 0. The average molecular weight is 351 g/mol. The maximum Gasteiger partial charge on any atom is 0.251 e. The van der Waals surface area contributed by atoms with E-state index in [4.69, 9.17) is 11.6 Å². The van der Waals surface area contributed by atoms with Gasteiger partial charge < -0.3 is 10.6 Å². The number of nitrogens with one attached hydrogen (secondary N) is 2. The smallest absolute Gasteiger partial charge is 0.251 e.